The third-order valence-electron chi connectivity index (χ3n) is 3.35. The molecule has 1 aromatic rings. The number of hydrogen-bond donors (Lipinski definition) is 1. The van der Waals surface area contributed by atoms with Crippen LogP contribution in [0.2, 0.25) is 0 Å². The van der Waals surface area contributed by atoms with E-state index < -0.39 is 0 Å². The van der Waals surface area contributed by atoms with Crippen LogP contribution in [0.15, 0.2) is 18.3 Å². The second kappa shape index (κ2) is 5.96. The Hall–Kier alpha value is -1.42. The van der Waals surface area contributed by atoms with Crippen molar-refractivity contribution in [3.05, 3.63) is 23.9 Å². The zero-order valence-corrected chi connectivity index (χ0v) is 11.0. The molecule has 0 saturated heterocycles. The summed E-state index contributed by atoms with van der Waals surface area (Å²) in [6, 6.07) is 4.46. The van der Waals surface area contributed by atoms with Crippen LogP contribution >= 0.6 is 0 Å². The summed E-state index contributed by atoms with van der Waals surface area (Å²) >= 11 is 0. The lowest BCUT2D eigenvalue weighted by atomic mass is 9.89. The maximum absolute atomic E-state index is 10.9. The number of carbonyl (C=O) groups excluding carboxylic acids is 1. The number of hydrogen-bond acceptors (Lipinski definition) is 4. The van der Waals surface area contributed by atoms with Crippen LogP contribution in [0, 0.1) is 0 Å². The predicted molar refractivity (Wildman–Crippen MR) is 69.7 cm³/mol. The van der Waals surface area contributed by atoms with E-state index in [-0.39, 0.29) is 11.9 Å². The molecule has 1 aliphatic carbocycles. The molecule has 1 aromatic heterocycles. The van der Waals surface area contributed by atoms with Crippen molar-refractivity contribution >= 4 is 5.78 Å². The van der Waals surface area contributed by atoms with E-state index in [2.05, 4.69) is 10.3 Å². The number of rotatable bonds is 6. The van der Waals surface area contributed by atoms with Gasteiger partial charge in [0.15, 0.2) is 0 Å². The fraction of sp³-hybridized carbons (Fsp3) is 0.571. The topological polar surface area (TPSA) is 51.2 Å². The maximum atomic E-state index is 10.9. The molecule has 0 aliphatic heterocycles. The van der Waals surface area contributed by atoms with Crippen LogP contribution in [0.1, 0.15) is 31.7 Å². The van der Waals surface area contributed by atoms with Gasteiger partial charge in [-0.15, -0.1) is 0 Å². The van der Waals surface area contributed by atoms with Crippen molar-refractivity contribution in [3.63, 3.8) is 0 Å². The highest BCUT2D eigenvalue weighted by molar-refractivity contribution is 5.75. The van der Waals surface area contributed by atoms with Crippen molar-refractivity contribution in [2.45, 2.75) is 44.8 Å². The highest BCUT2D eigenvalue weighted by atomic mass is 16.5. The van der Waals surface area contributed by atoms with E-state index in [4.69, 9.17) is 4.74 Å². The van der Waals surface area contributed by atoms with Gasteiger partial charge in [-0.05, 0) is 38.8 Å². The molecule has 0 amide bonds. The van der Waals surface area contributed by atoms with Crippen LogP contribution in [0.3, 0.4) is 0 Å². The van der Waals surface area contributed by atoms with E-state index >= 15 is 0 Å². The monoisotopic (exact) mass is 248 g/mol. The van der Waals surface area contributed by atoms with E-state index in [0.717, 1.165) is 24.8 Å². The van der Waals surface area contributed by atoms with Crippen molar-refractivity contribution in [1.82, 2.24) is 10.3 Å². The standard InChI is InChI=1S/C14H20N2O2/c1-10(17)3-4-11-5-6-14(16-9-11)18-13-7-12(8-13)15-2/h5-6,9,12-13,15H,3-4,7-8H2,1-2H3. The number of Topliss-reactive ketones (excluding diaryl/α,β-unsaturated/α-hetero) is 1. The number of nitrogens with zero attached hydrogens (tertiary/aromatic N) is 1. The van der Waals surface area contributed by atoms with E-state index in [1.165, 1.54) is 0 Å². The van der Waals surface area contributed by atoms with Crippen molar-refractivity contribution in [2.75, 3.05) is 7.05 Å². The largest absolute Gasteiger partial charge is 0.474 e. The minimum atomic E-state index is 0.211. The molecular weight excluding hydrogens is 228 g/mol. The Morgan fingerprint density at radius 2 is 2.28 bits per heavy atom. The van der Waals surface area contributed by atoms with Crippen LogP contribution in [-0.4, -0.2) is 30.0 Å². The van der Waals surface area contributed by atoms with Crippen LogP contribution in [-0.2, 0) is 11.2 Å². The van der Waals surface area contributed by atoms with E-state index in [9.17, 15) is 4.79 Å². The van der Waals surface area contributed by atoms with Gasteiger partial charge in [-0.1, -0.05) is 6.07 Å². The highest BCUT2D eigenvalue weighted by Gasteiger charge is 2.29. The van der Waals surface area contributed by atoms with Gasteiger partial charge in [0, 0.05) is 24.7 Å². The average molecular weight is 248 g/mol. The smallest absolute Gasteiger partial charge is 0.213 e. The Labute approximate surface area is 108 Å². The van der Waals surface area contributed by atoms with Gasteiger partial charge in [0.2, 0.25) is 5.88 Å². The zero-order chi connectivity index (χ0) is 13.0. The zero-order valence-electron chi connectivity index (χ0n) is 11.0. The van der Waals surface area contributed by atoms with Gasteiger partial charge < -0.3 is 14.8 Å². The van der Waals surface area contributed by atoms with E-state index in [1.54, 1.807) is 13.1 Å². The fourth-order valence-corrected chi connectivity index (χ4v) is 2.02. The number of ether oxygens (including phenoxy) is 1. The Morgan fingerprint density at radius 1 is 1.50 bits per heavy atom. The van der Waals surface area contributed by atoms with Gasteiger partial charge in [0.05, 0.1) is 0 Å². The lowest BCUT2D eigenvalue weighted by Crippen LogP contribution is -2.45. The molecule has 1 heterocycles. The normalized spacial score (nSPS) is 22.3. The van der Waals surface area contributed by atoms with Crippen molar-refractivity contribution in [2.24, 2.45) is 0 Å². The predicted octanol–water partition coefficient (Wildman–Crippen LogP) is 1.73. The molecule has 1 N–H and O–H groups in total. The maximum Gasteiger partial charge on any atom is 0.213 e. The first-order chi connectivity index (χ1) is 8.67. The van der Waals surface area contributed by atoms with E-state index in [0.29, 0.717) is 18.3 Å². The molecule has 0 atom stereocenters. The van der Waals surface area contributed by atoms with Gasteiger partial charge in [0.1, 0.15) is 11.9 Å². The Bertz CT molecular complexity index is 397. The van der Waals surface area contributed by atoms with Crippen LogP contribution in [0.5, 0.6) is 5.88 Å². The number of nitrogens with one attached hydrogen (secondary N) is 1. The lowest BCUT2D eigenvalue weighted by molar-refractivity contribution is -0.116. The summed E-state index contributed by atoms with van der Waals surface area (Å²) in [6.45, 7) is 1.61. The molecule has 0 radical (unpaired) electrons. The van der Waals surface area contributed by atoms with Gasteiger partial charge >= 0.3 is 0 Å². The molecule has 4 nitrogen and oxygen atoms in total. The number of carbonyl (C=O) groups is 1. The first-order valence-corrected chi connectivity index (χ1v) is 6.45. The Balaban J connectivity index is 1.79. The minimum absolute atomic E-state index is 0.211. The molecule has 4 heteroatoms. The van der Waals surface area contributed by atoms with Gasteiger partial charge in [-0.2, -0.15) is 0 Å². The third-order valence-corrected chi connectivity index (χ3v) is 3.35. The molecule has 0 spiro atoms. The first-order valence-electron chi connectivity index (χ1n) is 6.45. The highest BCUT2D eigenvalue weighted by Crippen LogP contribution is 2.24. The molecule has 98 valence electrons. The quantitative estimate of drug-likeness (QED) is 0.833. The van der Waals surface area contributed by atoms with Crippen molar-refractivity contribution in [3.8, 4) is 5.88 Å². The molecule has 2 rings (SSSR count). The summed E-state index contributed by atoms with van der Waals surface area (Å²) < 4.78 is 5.74. The van der Waals surface area contributed by atoms with Gasteiger partial charge in [0.25, 0.3) is 0 Å². The Morgan fingerprint density at radius 3 is 2.83 bits per heavy atom. The number of aromatic nitrogens is 1. The number of aryl methyl sites for hydroxylation is 1. The first kappa shape index (κ1) is 13.0. The van der Waals surface area contributed by atoms with Crippen LogP contribution in [0.25, 0.3) is 0 Å². The number of ketones is 1. The molecule has 1 saturated carbocycles. The molecule has 0 bridgehead atoms. The Kier molecular flexibility index (Phi) is 4.31. The molecule has 1 fully saturated rings. The second-order valence-electron chi connectivity index (χ2n) is 4.90. The third kappa shape index (κ3) is 3.53. The second-order valence-corrected chi connectivity index (χ2v) is 4.90. The fourth-order valence-electron chi connectivity index (χ4n) is 2.02. The minimum Gasteiger partial charge on any atom is -0.474 e. The molecule has 0 aromatic carbocycles. The van der Waals surface area contributed by atoms with Crippen LogP contribution in [0.4, 0.5) is 0 Å². The van der Waals surface area contributed by atoms with Gasteiger partial charge in [-0.25, -0.2) is 4.98 Å². The summed E-state index contributed by atoms with van der Waals surface area (Å²) in [4.78, 5) is 15.2. The summed E-state index contributed by atoms with van der Waals surface area (Å²) in [5, 5.41) is 3.22. The molecule has 18 heavy (non-hydrogen) atoms. The van der Waals surface area contributed by atoms with Gasteiger partial charge in [-0.3, -0.25) is 0 Å². The van der Waals surface area contributed by atoms with E-state index in [1.807, 2.05) is 19.2 Å². The SMILES string of the molecule is CNC1CC(Oc2ccc(CCC(C)=O)cn2)C1. The van der Waals surface area contributed by atoms with Crippen molar-refractivity contribution < 1.29 is 9.53 Å². The summed E-state index contributed by atoms with van der Waals surface area (Å²) in [5.74, 6) is 0.893. The summed E-state index contributed by atoms with van der Waals surface area (Å²) in [7, 11) is 1.98. The average Bonchev–Trinajstić information content (AvgIpc) is 2.32. The van der Waals surface area contributed by atoms with Crippen molar-refractivity contribution in [1.29, 1.82) is 0 Å². The molecular formula is C14H20N2O2. The summed E-state index contributed by atoms with van der Waals surface area (Å²) in [6.07, 6.45) is 5.52. The lowest BCUT2D eigenvalue weighted by Gasteiger charge is -2.34. The summed E-state index contributed by atoms with van der Waals surface area (Å²) in [5.41, 5.74) is 1.08. The van der Waals surface area contributed by atoms with Crippen LogP contribution < -0.4 is 10.1 Å². The molecule has 0 unspecified atom stereocenters. The number of pyridine rings is 1. The molecule has 1 aliphatic rings.